The predicted molar refractivity (Wildman–Crippen MR) is 68.2 cm³/mol. The second-order valence-corrected chi connectivity index (χ2v) is 4.25. The maximum Gasteiger partial charge on any atom is 0.198 e. The molecule has 0 saturated carbocycles. The van der Waals surface area contributed by atoms with Crippen LogP contribution in [0.3, 0.4) is 0 Å². The lowest BCUT2D eigenvalue weighted by atomic mass is 10.0. The number of ketones is 1. The highest BCUT2D eigenvalue weighted by Gasteiger charge is 2.14. The van der Waals surface area contributed by atoms with Gasteiger partial charge in [0.1, 0.15) is 0 Å². The van der Waals surface area contributed by atoms with E-state index in [-0.39, 0.29) is 5.78 Å². The number of hydrogen-bond acceptors (Lipinski definition) is 3. The maximum atomic E-state index is 11.9. The summed E-state index contributed by atoms with van der Waals surface area (Å²) in [6, 6.07) is 9.36. The van der Waals surface area contributed by atoms with Crippen LogP contribution >= 0.6 is 0 Å². The first-order chi connectivity index (χ1) is 8.68. The largest absolute Gasteiger partial charge is 0.388 e. The molecule has 1 aromatic heterocycles. The Morgan fingerprint density at radius 2 is 2.11 bits per heavy atom. The first kappa shape index (κ1) is 12.5. The summed E-state index contributed by atoms with van der Waals surface area (Å²) >= 11 is 0. The third-order valence-electron chi connectivity index (χ3n) is 2.90. The SMILES string of the molecule is Cn1ccnc1C(=O)CCC(O)c1ccccc1. The molecule has 1 heterocycles. The predicted octanol–water partition coefficient (Wildman–Crippen LogP) is 2.12. The topological polar surface area (TPSA) is 55.1 Å². The summed E-state index contributed by atoms with van der Waals surface area (Å²) in [6.45, 7) is 0. The molecule has 1 unspecified atom stereocenters. The molecule has 94 valence electrons. The number of rotatable bonds is 5. The Labute approximate surface area is 106 Å². The average Bonchev–Trinajstić information content (AvgIpc) is 2.83. The van der Waals surface area contributed by atoms with Crippen LogP contribution in [-0.4, -0.2) is 20.4 Å². The van der Waals surface area contributed by atoms with Crippen molar-refractivity contribution in [2.75, 3.05) is 0 Å². The molecule has 1 atom stereocenters. The number of carbonyl (C=O) groups excluding carboxylic acids is 1. The number of aliphatic hydroxyl groups is 1. The highest BCUT2D eigenvalue weighted by Crippen LogP contribution is 2.18. The van der Waals surface area contributed by atoms with Crippen molar-refractivity contribution in [2.24, 2.45) is 7.05 Å². The van der Waals surface area contributed by atoms with Gasteiger partial charge in [-0.1, -0.05) is 30.3 Å². The monoisotopic (exact) mass is 244 g/mol. The molecule has 2 aromatic rings. The van der Waals surface area contributed by atoms with Crippen LogP contribution in [0.4, 0.5) is 0 Å². The van der Waals surface area contributed by atoms with Gasteiger partial charge < -0.3 is 9.67 Å². The van der Waals surface area contributed by atoms with Crippen molar-refractivity contribution in [3.8, 4) is 0 Å². The zero-order valence-electron chi connectivity index (χ0n) is 10.3. The van der Waals surface area contributed by atoms with Crippen LogP contribution in [0.25, 0.3) is 0 Å². The molecule has 0 fully saturated rings. The van der Waals surface area contributed by atoms with Crippen molar-refractivity contribution < 1.29 is 9.90 Å². The molecular formula is C14H16N2O2. The quantitative estimate of drug-likeness (QED) is 0.820. The number of aryl methyl sites for hydroxylation is 1. The van der Waals surface area contributed by atoms with Crippen molar-refractivity contribution in [3.63, 3.8) is 0 Å². The first-order valence-electron chi connectivity index (χ1n) is 5.92. The van der Waals surface area contributed by atoms with E-state index in [4.69, 9.17) is 0 Å². The van der Waals surface area contributed by atoms with E-state index in [1.807, 2.05) is 30.3 Å². The summed E-state index contributed by atoms with van der Waals surface area (Å²) in [7, 11) is 1.79. The minimum Gasteiger partial charge on any atom is -0.388 e. The van der Waals surface area contributed by atoms with Crippen molar-refractivity contribution in [1.82, 2.24) is 9.55 Å². The van der Waals surface area contributed by atoms with Gasteiger partial charge in [0, 0.05) is 25.9 Å². The van der Waals surface area contributed by atoms with Gasteiger partial charge in [0.25, 0.3) is 0 Å². The van der Waals surface area contributed by atoms with Crippen LogP contribution < -0.4 is 0 Å². The Kier molecular flexibility index (Phi) is 3.89. The van der Waals surface area contributed by atoms with Crippen molar-refractivity contribution >= 4 is 5.78 Å². The smallest absolute Gasteiger partial charge is 0.198 e. The number of carbonyl (C=O) groups is 1. The van der Waals surface area contributed by atoms with Gasteiger partial charge in [-0.15, -0.1) is 0 Å². The molecule has 18 heavy (non-hydrogen) atoms. The highest BCUT2D eigenvalue weighted by atomic mass is 16.3. The molecule has 2 rings (SSSR count). The minimum absolute atomic E-state index is 0.0440. The summed E-state index contributed by atoms with van der Waals surface area (Å²) in [5.41, 5.74) is 0.838. The Morgan fingerprint density at radius 3 is 2.72 bits per heavy atom. The Balaban J connectivity index is 1.93. The number of benzene rings is 1. The molecule has 0 spiro atoms. The van der Waals surface area contributed by atoms with Gasteiger partial charge in [0.05, 0.1) is 6.10 Å². The third kappa shape index (κ3) is 2.84. The molecule has 1 aromatic carbocycles. The van der Waals surface area contributed by atoms with Gasteiger partial charge in [-0.05, 0) is 12.0 Å². The lowest BCUT2D eigenvalue weighted by Crippen LogP contribution is -2.09. The fourth-order valence-corrected chi connectivity index (χ4v) is 1.86. The lowest BCUT2D eigenvalue weighted by molar-refractivity contribution is 0.0927. The van der Waals surface area contributed by atoms with E-state index in [1.54, 1.807) is 24.0 Å². The van der Waals surface area contributed by atoms with Gasteiger partial charge in [-0.25, -0.2) is 4.98 Å². The number of aliphatic hydroxyl groups excluding tert-OH is 1. The molecule has 4 nitrogen and oxygen atoms in total. The Hall–Kier alpha value is -1.94. The fraction of sp³-hybridized carbons (Fsp3) is 0.286. The normalized spacial score (nSPS) is 12.3. The molecule has 0 bridgehead atoms. The molecule has 0 aliphatic rings. The van der Waals surface area contributed by atoms with Crippen LogP contribution in [0.15, 0.2) is 42.7 Å². The number of imidazole rings is 1. The molecule has 0 aliphatic heterocycles. The van der Waals surface area contributed by atoms with Crippen LogP contribution in [0, 0.1) is 0 Å². The van der Waals surface area contributed by atoms with E-state index in [2.05, 4.69) is 4.98 Å². The van der Waals surface area contributed by atoms with E-state index >= 15 is 0 Å². The molecule has 0 amide bonds. The van der Waals surface area contributed by atoms with Crippen LogP contribution in [0.5, 0.6) is 0 Å². The summed E-state index contributed by atoms with van der Waals surface area (Å²) < 4.78 is 1.69. The summed E-state index contributed by atoms with van der Waals surface area (Å²) in [6.07, 6.45) is 3.44. The molecule has 1 N–H and O–H groups in total. The zero-order chi connectivity index (χ0) is 13.0. The Bertz CT molecular complexity index is 520. The van der Waals surface area contributed by atoms with Gasteiger partial charge in [-0.3, -0.25) is 4.79 Å². The summed E-state index contributed by atoms with van der Waals surface area (Å²) in [5.74, 6) is 0.396. The van der Waals surface area contributed by atoms with Gasteiger partial charge in [0.15, 0.2) is 11.6 Å². The van der Waals surface area contributed by atoms with Crippen LogP contribution in [0.1, 0.15) is 35.1 Å². The molecule has 0 aliphatic carbocycles. The van der Waals surface area contributed by atoms with E-state index in [9.17, 15) is 9.90 Å². The van der Waals surface area contributed by atoms with Crippen molar-refractivity contribution in [1.29, 1.82) is 0 Å². The minimum atomic E-state index is -0.601. The second-order valence-electron chi connectivity index (χ2n) is 4.25. The van der Waals surface area contributed by atoms with E-state index < -0.39 is 6.10 Å². The Morgan fingerprint density at radius 1 is 1.39 bits per heavy atom. The second kappa shape index (κ2) is 5.60. The summed E-state index contributed by atoms with van der Waals surface area (Å²) in [5, 5.41) is 9.96. The van der Waals surface area contributed by atoms with E-state index in [1.165, 1.54) is 0 Å². The fourth-order valence-electron chi connectivity index (χ4n) is 1.86. The molecule has 0 radical (unpaired) electrons. The van der Waals surface area contributed by atoms with Crippen molar-refractivity contribution in [2.45, 2.75) is 18.9 Å². The third-order valence-corrected chi connectivity index (χ3v) is 2.90. The number of hydrogen-bond donors (Lipinski definition) is 1. The van der Waals surface area contributed by atoms with Crippen LogP contribution in [0.2, 0.25) is 0 Å². The van der Waals surface area contributed by atoms with Gasteiger partial charge in [0.2, 0.25) is 0 Å². The molecule has 4 heteroatoms. The molecule has 0 saturated heterocycles. The highest BCUT2D eigenvalue weighted by molar-refractivity contribution is 5.92. The molecular weight excluding hydrogens is 228 g/mol. The summed E-state index contributed by atoms with van der Waals surface area (Å²) in [4.78, 5) is 15.9. The van der Waals surface area contributed by atoms with Crippen LogP contribution in [-0.2, 0) is 7.05 Å². The zero-order valence-corrected chi connectivity index (χ0v) is 10.3. The number of nitrogens with zero attached hydrogens (tertiary/aromatic N) is 2. The van der Waals surface area contributed by atoms with Gasteiger partial charge in [-0.2, -0.15) is 0 Å². The first-order valence-corrected chi connectivity index (χ1v) is 5.92. The average molecular weight is 244 g/mol. The number of Topliss-reactive ketones (excluding diaryl/α,β-unsaturated/α-hetero) is 1. The van der Waals surface area contributed by atoms with Crippen molar-refractivity contribution in [3.05, 3.63) is 54.1 Å². The maximum absolute atomic E-state index is 11.9. The van der Waals surface area contributed by atoms with E-state index in [0.29, 0.717) is 18.7 Å². The van der Waals surface area contributed by atoms with E-state index in [0.717, 1.165) is 5.56 Å². The van der Waals surface area contributed by atoms with Gasteiger partial charge >= 0.3 is 0 Å². The standard InChI is InChI=1S/C14H16N2O2/c1-16-10-9-15-14(16)13(18)8-7-12(17)11-5-3-2-4-6-11/h2-6,9-10,12,17H,7-8H2,1H3. The number of aromatic nitrogens is 2. The lowest BCUT2D eigenvalue weighted by Gasteiger charge is -2.09.